The molecule has 0 fully saturated rings. The lowest BCUT2D eigenvalue weighted by atomic mass is 9.71. The number of benzene rings is 6. The van der Waals surface area contributed by atoms with Crippen LogP contribution in [0.5, 0.6) is 0 Å². The second-order valence-corrected chi connectivity index (χ2v) is 41.3. The van der Waals surface area contributed by atoms with Gasteiger partial charge in [-0.05, 0) is 284 Å². The second kappa shape index (κ2) is 45.9. The van der Waals surface area contributed by atoms with Crippen LogP contribution in [0.2, 0.25) is 0 Å². The van der Waals surface area contributed by atoms with Gasteiger partial charge in [-0.1, -0.05) is 433 Å². The van der Waals surface area contributed by atoms with Crippen LogP contribution in [0.25, 0.3) is 12.2 Å². The molecule has 0 heterocycles. The van der Waals surface area contributed by atoms with Gasteiger partial charge in [-0.3, -0.25) is 0 Å². The van der Waals surface area contributed by atoms with Crippen LogP contribution in [0.4, 0.5) is 0 Å². The van der Waals surface area contributed by atoms with Crippen molar-refractivity contribution in [3.8, 4) is 0 Å². The van der Waals surface area contributed by atoms with E-state index >= 15 is 0 Å². The third-order valence-corrected chi connectivity index (χ3v) is 25.3. The summed E-state index contributed by atoms with van der Waals surface area (Å²) in [7, 11) is 0. The van der Waals surface area contributed by atoms with Crippen molar-refractivity contribution >= 4 is 12.2 Å². The molecule has 0 aromatic heterocycles. The average molecular weight is 1600 g/mol. The first-order valence-electron chi connectivity index (χ1n) is 44.6. The molecule has 0 N–H and O–H groups in total. The van der Waals surface area contributed by atoms with Crippen molar-refractivity contribution < 1.29 is 2.85 Å². The summed E-state index contributed by atoms with van der Waals surface area (Å²) in [5.41, 5.74) is 33.0. The molecule has 0 nitrogen and oxygen atoms in total. The first-order chi connectivity index (χ1) is 53.5. The van der Waals surface area contributed by atoms with E-state index in [-0.39, 0.29) is 56.2 Å². The molecule has 0 saturated heterocycles. The fourth-order valence-electron chi connectivity index (χ4n) is 19.5. The molecule has 0 aliphatic heterocycles. The summed E-state index contributed by atoms with van der Waals surface area (Å²) in [6.45, 7) is 53.7. The average Bonchev–Trinajstić information content (AvgIpc) is 1.07. The molecule has 3 unspecified atom stereocenters. The minimum Gasteiger partial charge on any atom is -0.0876 e. The molecule has 0 bridgehead atoms. The van der Waals surface area contributed by atoms with Gasteiger partial charge in [0.1, 0.15) is 0 Å². The Morgan fingerprint density at radius 2 is 0.814 bits per heavy atom. The summed E-state index contributed by atoms with van der Waals surface area (Å²) in [5, 5.41) is 0. The molecule has 9 aliphatic carbocycles. The Labute approximate surface area is 732 Å². The molecule has 6 aromatic carbocycles. The van der Waals surface area contributed by atoms with Gasteiger partial charge in [0.15, 0.2) is 0 Å². The Bertz CT molecular complexity index is 4360. The SMILES string of the molecule is C.C.C.C.C.CC(C)(C)C1=CC=CCC2=C1CCC=C2.CC(C)(C)C1=CCCCC2=C1CCC=C2.CC(C)(C)C1C=CCCc2ccccc21.CC(C)(C)C1CCCC2=C(CCC=C2)C1.CC(C)(C)C1c2ccccc2C=Cc2ccccc21.CC(C)(C)C1c2ccccc2CCc2ccccc21.CCc1ccccc1C(CC)C(C)(C)C.[2HH].[2HH]. The minimum atomic E-state index is 0. The predicted octanol–water partition coefficient (Wildman–Crippen LogP) is 37.3. The highest BCUT2D eigenvalue weighted by molar-refractivity contribution is 5.76. The molecule has 0 radical (unpaired) electrons. The topological polar surface area (TPSA) is 0 Å². The van der Waals surface area contributed by atoms with Gasteiger partial charge in [0.05, 0.1) is 0 Å². The number of hydrogen-bond acceptors (Lipinski definition) is 0. The molecule has 9 aliphatic rings. The Kier molecular flexibility index (Phi) is 40.0. The first kappa shape index (κ1) is 103. The van der Waals surface area contributed by atoms with Gasteiger partial charge in [-0.15, -0.1) is 0 Å². The summed E-state index contributed by atoms with van der Waals surface area (Å²) in [4.78, 5) is 0. The summed E-state index contributed by atoms with van der Waals surface area (Å²) < 4.78 is 0. The third kappa shape index (κ3) is 28.3. The third-order valence-electron chi connectivity index (χ3n) is 25.3. The van der Waals surface area contributed by atoms with Crippen molar-refractivity contribution in [2.24, 2.45) is 43.8 Å². The highest BCUT2D eigenvalue weighted by Crippen LogP contribution is 2.49. The van der Waals surface area contributed by atoms with Gasteiger partial charge in [-0.2, -0.15) is 0 Å². The van der Waals surface area contributed by atoms with Crippen LogP contribution in [0.1, 0.15) is 392 Å². The van der Waals surface area contributed by atoms with Crippen molar-refractivity contribution in [1.29, 1.82) is 0 Å². The Morgan fingerprint density at radius 3 is 1.31 bits per heavy atom. The van der Waals surface area contributed by atoms with Crippen LogP contribution in [-0.4, -0.2) is 0 Å². The van der Waals surface area contributed by atoms with Crippen molar-refractivity contribution in [2.45, 2.75) is 348 Å². The maximum Gasteiger partial charge on any atom is 0.0150 e. The van der Waals surface area contributed by atoms with Gasteiger partial charge in [0, 0.05) is 20.6 Å². The van der Waals surface area contributed by atoms with Gasteiger partial charge in [0.25, 0.3) is 0 Å². The number of rotatable bonds is 3. The molecule has 0 amide bonds. The maximum atomic E-state index is 2.49. The van der Waals surface area contributed by atoms with Gasteiger partial charge >= 0.3 is 0 Å². The molecule has 118 heavy (non-hydrogen) atoms. The Balaban J connectivity index is 0.000000471. The number of allylic oxidation sites excluding steroid dienone is 20. The fourth-order valence-corrected chi connectivity index (χ4v) is 19.5. The lowest BCUT2D eigenvalue weighted by Gasteiger charge is -2.33. The molecule has 6 aromatic rings. The van der Waals surface area contributed by atoms with Crippen molar-refractivity contribution in [3.63, 3.8) is 0 Å². The Hall–Kier alpha value is -7.54. The molecule has 0 saturated carbocycles. The van der Waals surface area contributed by atoms with Crippen LogP contribution in [0.15, 0.2) is 263 Å². The molecule has 648 valence electrons. The molecular weight excluding hydrogens is 1420 g/mol. The molecule has 0 heteroatoms. The summed E-state index contributed by atoms with van der Waals surface area (Å²) in [5.74, 6) is 3.08. The molecule has 15 rings (SSSR count). The molecule has 0 spiro atoms. The summed E-state index contributed by atoms with van der Waals surface area (Å²) in [6, 6.07) is 53.3. The van der Waals surface area contributed by atoms with Crippen molar-refractivity contribution in [1.82, 2.24) is 0 Å². The minimum absolute atomic E-state index is 0. The smallest absolute Gasteiger partial charge is 0.0150 e. The van der Waals surface area contributed by atoms with Crippen molar-refractivity contribution in [2.75, 3.05) is 0 Å². The lowest BCUT2D eigenvalue weighted by molar-refractivity contribution is 0.223. The zero-order valence-corrected chi connectivity index (χ0v) is 75.5. The van der Waals surface area contributed by atoms with E-state index in [0.717, 1.165) is 18.8 Å². The van der Waals surface area contributed by atoms with Crippen LogP contribution in [0.3, 0.4) is 0 Å². The molecular formula is C118H176. The van der Waals surface area contributed by atoms with E-state index in [1.807, 2.05) is 0 Å². The van der Waals surface area contributed by atoms with Gasteiger partial charge in [0.2, 0.25) is 0 Å². The summed E-state index contributed by atoms with van der Waals surface area (Å²) >= 11 is 0. The maximum absolute atomic E-state index is 2.49. The zero-order valence-electron chi connectivity index (χ0n) is 75.5. The van der Waals surface area contributed by atoms with E-state index in [1.54, 1.807) is 39.0 Å². The van der Waals surface area contributed by atoms with Gasteiger partial charge in [-0.25, -0.2) is 0 Å². The molecule has 3 atom stereocenters. The standard InChI is InChI=1S/C19H22.C19H20.C15H22.2C15H20.2C15H24.5CH4.2H2/c2*1-19(2,3)18-16-10-6-4-8-14(16)12-13-15-9-5-7-11-17(15)18;3*1-15(2,3)14-11-7-5-9-12-8-4-6-10-13(12)14;1-15(2,3)14-10-6-9-12-7-4-5-8-13(12)11-14;1-6-12-10-8-9-11-13(12)14(7-2)15(3,4)5;;;;;;;/h4-11,18H,12-13H2,1-3H3;4-13,18H,1-3H3;4,8,11H,5-7,9-10H2,1-3H3;4,6-8,10-11,14H,5,9H2,1-3H3;4-5,7-8,11H,6,9-10H2,1-3H3;4,7,14H,5-6,8-11H2,1-3H3;8-11,14H,6-7H2,1-5H3;5*1H4;2*1H/i;;;;;;;;;;;;2*1+1. The second-order valence-electron chi connectivity index (χ2n) is 41.3. The fraction of sp³-hybridized carbons (Fsp3) is 0.508. The quantitative estimate of drug-likeness (QED) is 0.155. The largest absolute Gasteiger partial charge is 0.0876 e. The van der Waals surface area contributed by atoms with Crippen LogP contribution < -0.4 is 0 Å². The van der Waals surface area contributed by atoms with E-state index in [1.165, 1.54) is 188 Å². The van der Waals surface area contributed by atoms with Crippen LogP contribution >= 0.6 is 0 Å². The number of hydrogen-bond donors (Lipinski definition) is 0. The normalized spacial score (nSPS) is 18.3. The van der Waals surface area contributed by atoms with Gasteiger partial charge < -0.3 is 0 Å². The summed E-state index contributed by atoms with van der Waals surface area (Å²) in [6.07, 6.45) is 57.6. The number of aryl methyl sites for hydroxylation is 4. The lowest BCUT2D eigenvalue weighted by Crippen LogP contribution is -2.20. The monoisotopic (exact) mass is 1600 g/mol. The van der Waals surface area contributed by atoms with Crippen LogP contribution in [0, 0.1) is 43.8 Å². The predicted molar refractivity (Wildman–Crippen MR) is 537 cm³/mol. The van der Waals surface area contributed by atoms with E-state index in [4.69, 9.17) is 0 Å². The first-order valence-corrected chi connectivity index (χ1v) is 44.6. The highest BCUT2D eigenvalue weighted by atomic mass is 14.4. The Morgan fingerprint density at radius 1 is 0.373 bits per heavy atom. The van der Waals surface area contributed by atoms with E-state index in [0.29, 0.717) is 45.3 Å². The zero-order chi connectivity index (χ0) is 81.9. The highest BCUT2D eigenvalue weighted by Gasteiger charge is 2.36. The number of fused-ring (bicyclic) bond motifs is 5. The van der Waals surface area contributed by atoms with E-state index in [2.05, 4.69) is 390 Å². The van der Waals surface area contributed by atoms with E-state index < -0.39 is 0 Å². The van der Waals surface area contributed by atoms with E-state index in [9.17, 15) is 0 Å². The van der Waals surface area contributed by atoms with Crippen molar-refractivity contribution in [3.05, 3.63) is 330 Å². The van der Waals surface area contributed by atoms with Crippen LogP contribution in [-0.2, 0) is 25.7 Å².